The van der Waals surface area contributed by atoms with Crippen molar-refractivity contribution in [3.8, 4) is 0 Å². The Bertz CT molecular complexity index is 262. The molecule has 15 heavy (non-hydrogen) atoms. The topological polar surface area (TPSA) is 42.4 Å². The average Bonchev–Trinajstić information content (AvgIpc) is 2.25. The second kappa shape index (κ2) is 6.53. The molecule has 0 aliphatic carbocycles. The van der Waals surface area contributed by atoms with Crippen molar-refractivity contribution in [2.45, 2.75) is 38.9 Å². The van der Waals surface area contributed by atoms with Crippen LogP contribution < -0.4 is 0 Å². The lowest BCUT2D eigenvalue weighted by Crippen LogP contribution is -2.19. The molecule has 0 saturated carbocycles. The first-order valence-electron chi connectivity index (χ1n) is 5.37. The minimum atomic E-state index is -0.374. The highest BCUT2D eigenvalue weighted by Crippen LogP contribution is 2.04. The molecule has 1 atom stereocenters. The second-order valence-electron chi connectivity index (χ2n) is 3.93. The summed E-state index contributed by atoms with van der Waals surface area (Å²) in [4.78, 5) is 3.94. The first-order chi connectivity index (χ1) is 7.18. The number of hydrogen-bond donors (Lipinski definition) is 1. The lowest BCUT2D eigenvalue weighted by Gasteiger charge is -2.13. The van der Waals surface area contributed by atoms with Crippen molar-refractivity contribution in [2.24, 2.45) is 0 Å². The summed E-state index contributed by atoms with van der Waals surface area (Å²) in [6.45, 7) is 4.36. The number of aryl methyl sites for hydroxylation is 1. The number of aromatic nitrogens is 1. The van der Waals surface area contributed by atoms with Crippen LogP contribution in [0.3, 0.4) is 0 Å². The van der Waals surface area contributed by atoms with Crippen LogP contribution in [0.4, 0.5) is 0 Å². The maximum absolute atomic E-state index is 9.62. The summed E-state index contributed by atoms with van der Waals surface area (Å²) in [7, 11) is 0. The maximum atomic E-state index is 9.62. The maximum Gasteiger partial charge on any atom is 0.0777 e. The van der Waals surface area contributed by atoms with Crippen molar-refractivity contribution in [2.75, 3.05) is 6.61 Å². The molecule has 3 heteroatoms. The molecule has 0 spiro atoms. The summed E-state index contributed by atoms with van der Waals surface area (Å²) in [6, 6.07) is 3.94. The Hall–Kier alpha value is -0.930. The molecule has 1 aromatic rings. The highest BCUT2D eigenvalue weighted by molar-refractivity contribution is 5.09. The summed E-state index contributed by atoms with van der Waals surface area (Å²) in [5.41, 5.74) is 1.20. The molecule has 0 aliphatic rings. The quantitative estimate of drug-likeness (QED) is 0.776. The Morgan fingerprint density at radius 1 is 1.33 bits per heavy atom. The lowest BCUT2D eigenvalue weighted by atomic mass is 10.1. The number of pyridine rings is 1. The zero-order valence-electron chi connectivity index (χ0n) is 9.39. The van der Waals surface area contributed by atoms with Gasteiger partial charge in [-0.15, -0.1) is 0 Å². The predicted molar refractivity (Wildman–Crippen MR) is 59.7 cm³/mol. The summed E-state index contributed by atoms with van der Waals surface area (Å²) < 4.78 is 5.33. The molecule has 0 saturated heterocycles. The van der Waals surface area contributed by atoms with Crippen LogP contribution >= 0.6 is 0 Å². The van der Waals surface area contributed by atoms with Crippen molar-refractivity contribution >= 4 is 0 Å². The first kappa shape index (κ1) is 12.1. The van der Waals surface area contributed by atoms with E-state index in [4.69, 9.17) is 4.74 Å². The van der Waals surface area contributed by atoms with E-state index in [2.05, 4.69) is 4.98 Å². The van der Waals surface area contributed by atoms with Crippen molar-refractivity contribution < 1.29 is 9.84 Å². The number of nitrogens with zero attached hydrogens (tertiary/aromatic N) is 1. The van der Waals surface area contributed by atoms with Crippen molar-refractivity contribution in [3.63, 3.8) is 0 Å². The van der Waals surface area contributed by atoms with Crippen LogP contribution in [-0.2, 0) is 11.2 Å². The average molecular weight is 209 g/mol. The molecule has 1 rings (SSSR count). The van der Waals surface area contributed by atoms with Gasteiger partial charge in [0.25, 0.3) is 0 Å². The zero-order chi connectivity index (χ0) is 11.1. The Kier molecular flexibility index (Phi) is 5.29. The Balaban J connectivity index is 2.19. The number of hydrogen-bond acceptors (Lipinski definition) is 3. The first-order valence-corrected chi connectivity index (χ1v) is 5.37. The van der Waals surface area contributed by atoms with E-state index in [-0.39, 0.29) is 12.2 Å². The van der Waals surface area contributed by atoms with Crippen LogP contribution in [0.25, 0.3) is 0 Å². The molecule has 1 heterocycles. The molecule has 1 unspecified atom stereocenters. The van der Waals surface area contributed by atoms with Gasteiger partial charge in [-0.2, -0.15) is 0 Å². The fourth-order valence-corrected chi connectivity index (χ4v) is 1.27. The number of rotatable bonds is 6. The van der Waals surface area contributed by atoms with Crippen LogP contribution in [0, 0.1) is 0 Å². The summed E-state index contributed by atoms with van der Waals surface area (Å²) >= 11 is 0. The van der Waals surface area contributed by atoms with E-state index < -0.39 is 0 Å². The summed E-state index contributed by atoms with van der Waals surface area (Å²) in [5.74, 6) is 0. The normalized spacial score (nSPS) is 13.1. The third-order valence-electron chi connectivity index (χ3n) is 2.14. The SMILES string of the molecule is CC(C)OCC(O)CCc1ccncc1. The zero-order valence-corrected chi connectivity index (χ0v) is 9.39. The van der Waals surface area contributed by atoms with Gasteiger partial charge < -0.3 is 9.84 Å². The summed E-state index contributed by atoms with van der Waals surface area (Å²) in [5, 5.41) is 9.62. The minimum absolute atomic E-state index is 0.181. The summed E-state index contributed by atoms with van der Waals surface area (Å²) in [6.07, 6.45) is 4.95. The third-order valence-corrected chi connectivity index (χ3v) is 2.14. The fraction of sp³-hybridized carbons (Fsp3) is 0.583. The van der Waals surface area contributed by atoms with Crippen LogP contribution in [0.5, 0.6) is 0 Å². The van der Waals surface area contributed by atoms with Gasteiger partial charge in [-0.3, -0.25) is 4.98 Å². The van der Waals surface area contributed by atoms with Gasteiger partial charge in [0.05, 0.1) is 18.8 Å². The van der Waals surface area contributed by atoms with Crippen molar-refractivity contribution in [1.29, 1.82) is 0 Å². The molecule has 1 aromatic heterocycles. The molecule has 84 valence electrons. The molecule has 1 N–H and O–H groups in total. The molecule has 3 nitrogen and oxygen atoms in total. The van der Waals surface area contributed by atoms with Crippen LogP contribution in [0.1, 0.15) is 25.8 Å². The van der Waals surface area contributed by atoms with Gasteiger partial charge in [0.15, 0.2) is 0 Å². The second-order valence-corrected chi connectivity index (χ2v) is 3.93. The third kappa shape index (κ3) is 5.50. The molecular formula is C12H19NO2. The molecule has 0 radical (unpaired) electrons. The number of aliphatic hydroxyl groups excluding tert-OH is 1. The van der Waals surface area contributed by atoms with Crippen LogP contribution in [0.2, 0.25) is 0 Å². The molecule has 0 amide bonds. The highest BCUT2D eigenvalue weighted by Gasteiger charge is 2.05. The van der Waals surface area contributed by atoms with E-state index in [1.807, 2.05) is 26.0 Å². The highest BCUT2D eigenvalue weighted by atomic mass is 16.5. The Morgan fingerprint density at radius 3 is 2.60 bits per heavy atom. The van der Waals surface area contributed by atoms with Gasteiger partial charge in [-0.05, 0) is 44.4 Å². The van der Waals surface area contributed by atoms with E-state index in [1.54, 1.807) is 12.4 Å². The van der Waals surface area contributed by atoms with Crippen molar-refractivity contribution in [3.05, 3.63) is 30.1 Å². The smallest absolute Gasteiger partial charge is 0.0777 e. The predicted octanol–water partition coefficient (Wildman–Crippen LogP) is 1.80. The van der Waals surface area contributed by atoms with E-state index in [1.165, 1.54) is 5.56 Å². The van der Waals surface area contributed by atoms with Gasteiger partial charge in [0, 0.05) is 12.4 Å². The molecule has 0 aliphatic heterocycles. The van der Waals surface area contributed by atoms with Gasteiger partial charge in [0.1, 0.15) is 0 Å². The monoisotopic (exact) mass is 209 g/mol. The molecule has 0 fully saturated rings. The van der Waals surface area contributed by atoms with Gasteiger partial charge in [-0.1, -0.05) is 0 Å². The van der Waals surface area contributed by atoms with E-state index in [0.717, 1.165) is 12.8 Å². The van der Waals surface area contributed by atoms with Crippen molar-refractivity contribution in [1.82, 2.24) is 4.98 Å². The van der Waals surface area contributed by atoms with Gasteiger partial charge in [-0.25, -0.2) is 0 Å². The minimum Gasteiger partial charge on any atom is -0.391 e. The fourth-order valence-electron chi connectivity index (χ4n) is 1.27. The standard InChI is InChI=1S/C12H19NO2/c1-10(2)15-9-12(14)4-3-11-5-7-13-8-6-11/h5-8,10,12,14H,3-4,9H2,1-2H3. The lowest BCUT2D eigenvalue weighted by molar-refractivity contribution is 0.00287. The van der Waals surface area contributed by atoms with Gasteiger partial charge in [0.2, 0.25) is 0 Å². The molecule has 0 aromatic carbocycles. The van der Waals surface area contributed by atoms with Crippen LogP contribution in [-0.4, -0.2) is 28.9 Å². The van der Waals surface area contributed by atoms with E-state index in [9.17, 15) is 5.11 Å². The Morgan fingerprint density at radius 2 is 2.00 bits per heavy atom. The number of aliphatic hydroxyl groups is 1. The van der Waals surface area contributed by atoms with E-state index >= 15 is 0 Å². The van der Waals surface area contributed by atoms with Gasteiger partial charge >= 0.3 is 0 Å². The largest absolute Gasteiger partial charge is 0.391 e. The molecular weight excluding hydrogens is 190 g/mol. The van der Waals surface area contributed by atoms with E-state index in [0.29, 0.717) is 6.61 Å². The Labute approximate surface area is 91.1 Å². The molecule has 0 bridgehead atoms. The van der Waals surface area contributed by atoms with Crippen LogP contribution in [0.15, 0.2) is 24.5 Å². The number of ether oxygens (including phenoxy) is 1.